The Morgan fingerprint density at radius 3 is 2.50 bits per heavy atom. The van der Waals surface area contributed by atoms with Gasteiger partial charge in [-0.15, -0.1) is 12.4 Å². The van der Waals surface area contributed by atoms with Gasteiger partial charge in [-0.1, -0.05) is 12.5 Å². The minimum atomic E-state index is -0.170. The lowest BCUT2D eigenvalue weighted by Crippen LogP contribution is -2.47. The van der Waals surface area contributed by atoms with E-state index in [1.54, 1.807) is 6.07 Å². The fourth-order valence-corrected chi connectivity index (χ4v) is 3.59. The van der Waals surface area contributed by atoms with E-state index < -0.39 is 0 Å². The third-order valence-corrected chi connectivity index (χ3v) is 5.03. The van der Waals surface area contributed by atoms with Crippen molar-refractivity contribution in [2.75, 3.05) is 26.2 Å². The van der Waals surface area contributed by atoms with Crippen molar-refractivity contribution in [3.63, 3.8) is 0 Å². The van der Waals surface area contributed by atoms with E-state index in [1.165, 1.54) is 24.8 Å². The van der Waals surface area contributed by atoms with E-state index in [4.69, 9.17) is 0 Å². The number of piperazine rings is 1. The van der Waals surface area contributed by atoms with Crippen LogP contribution in [0.5, 0.6) is 0 Å². The summed E-state index contributed by atoms with van der Waals surface area (Å²) in [5.41, 5.74) is 1.26. The summed E-state index contributed by atoms with van der Waals surface area (Å²) >= 11 is 3.32. The molecule has 3 rings (SSSR count). The topological polar surface area (TPSA) is 15.3 Å². The Hall–Kier alpha value is -0.160. The van der Waals surface area contributed by atoms with Crippen molar-refractivity contribution < 1.29 is 4.39 Å². The maximum Gasteiger partial charge on any atom is 0.137 e. The summed E-state index contributed by atoms with van der Waals surface area (Å²) in [6, 6.07) is 5.99. The zero-order chi connectivity index (χ0) is 13.2. The summed E-state index contributed by atoms with van der Waals surface area (Å²) in [4.78, 5) is 2.57. The third-order valence-electron chi connectivity index (χ3n) is 4.43. The molecule has 1 aromatic rings. The van der Waals surface area contributed by atoms with Crippen LogP contribution in [0.3, 0.4) is 0 Å². The van der Waals surface area contributed by atoms with Gasteiger partial charge in [0.2, 0.25) is 0 Å². The summed E-state index contributed by atoms with van der Waals surface area (Å²) < 4.78 is 14.0. The van der Waals surface area contributed by atoms with Crippen molar-refractivity contribution in [3.8, 4) is 0 Å². The van der Waals surface area contributed by atoms with Gasteiger partial charge in [-0.25, -0.2) is 4.39 Å². The molecule has 0 amide bonds. The monoisotopic (exact) mass is 362 g/mol. The average molecular weight is 364 g/mol. The number of nitrogens with zero attached hydrogens (tertiary/aromatic N) is 1. The van der Waals surface area contributed by atoms with Crippen LogP contribution in [0.15, 0.2) is 22.7 Å². The summed E-state index contributed by atoms with van der Waals surface area (Å²) in [5, 5.41) is 3.41. The van der Waals surface area contributed by atoms with Gasteiger partial charge < -0.3 is 5.32 Å². The summed E-state index contributed by atoms with van der Waals surface area (Å²) in [6.07, 6.45) is 3.96. The largest absolute Gasteiger partial charge is 0.314 e. The summed E-state index contributed by atoms with van der Waals surface area (Å²) in [5.74, 6) is 0.576. The van der Waals surface area contributed by atoms with Crippen LogP contribution in [-0.2, 0) is 0 Å². The van der Waals surface area contributed by atoms with Gasteiger partial charge >= 0.3 is 0 Å². The predicted octanol–water partition coefficient (Wildman–Crippen LogP) is 3.76. The van der Waals surface area contributed by atoms with E-state index in [2.05, 4.69) is 26.1 Å². The van der Waals surface area contributed by atoms with Crippen LogP contribution in [-0.4, -0.2) is 31.1 Å². The first kappa shape index (κ1) is 16.2. The van der Waals surface area contributed by atoms with E-state index in [1.807, 2.05) is 12.1 Å². The molecule has 112 valence electrons. The van der Waals surface area contributed by atoms with Crippen LogP contribution in [0, 0.1) is 11.7 Å². The molecule has 1 saturated heterocycles. The first-order valence-electron chi connectivity index (χ1n) is 7.15. The second-order valence-corrected chi connectivity index (χ2v) is 6.45. The molecule has 1 aliphatic carbocycles. The van der Waals surface area contributed by atoms with Gasteiger partial charge in [0.25, 0.3) is 0 Å². The average Bonchev–Trinajstić information content (AvgIpc) is 2.38. The molecule has 1 saturated carbocycles. The number of hydrogen-bond acceptors (Lipinski definition) is 2. The third kappa shape index (κ3) is 3.35. The number of rotatable bonds is 3. The molecule has 20 heavy (non-hydrogen) atoms. The molecule has 5 heteroatoms. The van der Waals surface area contributed by atoms with Gasteiger partial charge in [-0.05, 0) is 52.4 Å². The van der Waals surface area contributed by atoms with Crippen molar-refractivity contribution in [1.82, 2.24) is 10.2 Å². The summed E-state index contributed by atoms with van der Waals surface area (Å²) in [7, 11) is 0. The van der Waals surface area contributed by atoms with Crippen LogP contribution in [0.4, 0.5) is 4.39 Å². The van der Waals surface area contributed by atoms with Crippen LogP contribution in [0.25, 0.3) is 0 Å². The molecule has 0 aromatic heterocycles. The number of hydrogen-bond donors (Lipinski definition) is 1. The lowest BCUT2D eigenvalue weighted by molar-refractivity contribution is 0.0836. The van der Waals surface area contributed by atoms with Gasteiger partial charge in [-0.3, -0.25) is 4.90 Å². The van der Waals surface area contributed by atoms with Crippen LogP contribution in [0.2, 0.25) is 0 Å². The zero-order valence-electron chi connectivity index (χ0n) is 11.4. The Morgan fingerprint density at radius 2 is 1.95 bits per heavy atom. The number of halogens is 3. The van der Waals surface area contributed by atoms with E-state index in [0.717, 1.165) is 32.1 Å². The minimum absolute atomic E-state index is 0. The molecule has 0 radical (unpaired) electrons. The molecule has 2 aliphatic rings. The maximum absolute atomic E-state index is 13.4. The van der Waals surface area contributed by atoms with Gasteiger partial charge in [0.05, 0.1) is 4.47 Å². The fraction of sp³-hybridized carbons (Fsp3) is 0.600. The highest BCUT2D eigenvalue weighted by molar-refractivity contribution is 9.10. The Balaban J connectivity index is 0.00000147. The van der Waals surface area contributed by atoms with Crippen LogP contribution >= 0.6 is 28.3 Å². The lowest BCUT2D eigenvalue weighted by Gasteiger charge is -2.43. The Bertz CT molecular complexity index is 447. The fourth-order valence-electron chi connectivity index (χ4n) is 3.19. The molecule has 2 fully saturated rings. The van der Waals surface area contributed by atoms with Crippen molar-refractivity contribution >= 4 is 28.3 Å². The summed E-state index contributed by atoms with van der Waals surface area (Å²) in [6.45, 7) is 4.31. The van der Waals surface area contributed by atoms with E-state index in [-0.39, 0.29) is 18.2 Å². The highest BCUT2D eigenvalue weighted by atomic mass is 79.9. The first-order valence-corrected chi connectivity index (χ1v) is 7.95. The van der Waals surface area contributed by atoms with Crippen LogP contribution in [0.1, 0.15) is 30.9 Å². The molecule has 1 aromatic carbocycles. The highest BCUT2D eigenvalue weighted by Gasteiger charge is 2.33. The maximum atomic E-state index is 13.4. The predicted molar refractivity (Wildman–Crippen MR) is 85.9 cm³/mol. The Kier molecular flexibility index (Phi) is 5.84. The molecular weight excluding hydrogens is 343 g/mol. The van der Waals surface area contributed by atoms with Crippen molar-refractivity contribution in [1.29, 1.82) is 0 Å². The molecule has 0 unspecified atom stereocenters. The molecule has 1 atom stereocenters. The van der Waals surface area contributed by atoms with E-state index >= 15 is 0 Å². The van der Waals surface area contributed by atoms with Crippen molar-refractivity contribution in [2.24, 2.45) is 5.92 Å². The van der Waals surface area contributed by atoms with Gasteiger partial charge in [0.15, 0.2) is 0 Å². The first-order chi connectivity index (χ1) is 9.25. The molecule has 2 nitrogen and oxygen atoms in total. The van der Waals surface area contributed by atoms with Crippen molar-refractivity contribution in [2.45, 2.75) is 25.3 Å². The SMILES string of the molecule is Cl.Fc1ccc([C@H](C2CCC2)N2CCNCC2)cc1Br. The van der Waals surface area contributed by atoms with Crippen LogP contribution < -0.4 is 5.32 Å². The molecule has 1 N–H and O–H groups in total. The quantitative estimate of drug-likeness (QED) is 0.880. The van der Waals surface area contributed by atoms with E-state index in [0.29, 0.717) is 10.5 Å². The lowest BCUT2D eigenvalue weighted by atomic mass is 9.76. The minimum Gasteiger partial charge on any atom is -0.314 e. The van der Waals surface area contributed by atoms with Gasteiger partial charge in [0, 0.05) is 32.2 Å². The zero-order valence-corrected chi connectivity index (χ0v) is 13.9. The van der Waals surface area contributed by atoms with Gasteiger partial charge in [0.1, 0.15) is 5.82 Å². The Morgan fingerprint density at radius 1 is 1.25 bits per heavy atom. The highest BCUT2D eigenvalue weighted by Crippen LogP contribution is 2.42. The molecule has 0 spiro atoms. The standard InChI is InChI=1S/C15H20BrFN2.ClH/c16-13-10-12(4-5-14(13)17)15(11-2-1-3-11)19-8-6-18-7-9-19;/h4-5,10-11,15,18H,1-3,6-9H2;1H/t15-;/m0./s1. The van der Waals surface area contributed by atoms with E-state index in [9.17, 15) is 4.39 Å². The normalized spacial score (nSPS) is 21.9. The number of nitrogens with one attached hydrogen (secondary N) is 1. The smallest absolute Gasteiger partial charge is 0.137 e. The van der Waals surface area contributed by atoms with Gasteiger partial charge in [-0.2, -0.15) is 0 Å². The molecule has 1 aliphatic heterocycles. The Labute approximate surface area is 134 Å². The second kappa shape index (κ2) is 7.21. The molecular formula is C15H21BrClFN2. The second-order valence-electron chi connectivity index (χ2n) is 5.60. The number of benzene rings is 1. The molecule has 0 bridgehead atoms. The molecule has 1 heterocycles. The van der Waals surface area contributed by atoms with Crippen molar-refractivity contribution in [3.05, 3.63) is 34.1 Å².